The third-order valence-corrected chi connectivity index (χ3v) is 4.80. The molecular weight excluding hydrogens is 320 g/mol. The summed E-state index contributed by atoms with van der Waals surface area (Å²) in [6.45, 7) is 0.678. The number of rotatable bonds is 4. The number of nitrogens with zero attached hydrogens (tertiary/aromatic N) is 1. The van der Waals surface area contributed by atoms with E-state index in [1.54, 1.807) is 23.5 Å². The molecule has 0 aliphatic rings. The van der Waals surface area contributed by atoms with E-state index in [1.807, 2.05) is 35.8 Å². The number of aromatic nitrogens is 1. The zero-order valence-electron chi connectivity index (χ0n) is 12.7. The first-order chi connectivity index (χ1) is 11.7. The zero-order chi connectivity index (χ0) is 16.5. The van der Waals surface area contributed by atoms with Gasteiger partial charge in [-0.15, -0.1) is 11.3 Å². The molecule has 118 valence electrons. The van der Waals surface area contributed by atoms with Crippen LogP contribution in [0.15, 0.2) is 54.0 Å². The normalized spacial score (nSPS) is 11.0. The lowest BCUT2D eigenvalue weighted by molar-refractivity contribution is 0.112. The van der Waals surface area contributed by atoms with Crippen LogP contribution in [0.4, 0.5) is 5.69 Å². The number of phenolic OH excluding ortho intramolecular Hbond substituents is 1. The Balaban J connectivity index is 1.59. The van der Waals surface area contributed by atoms with Gasteiger partial charge >= 0.3 is 0 Å². The Morgan fingerprint density at radius 1 is 1.08 bits per heavy atom. The number of nitrogens with one attached hydrogen (secondary N) is 1. The molecule has 0 aliphatic carbocycles. The summed E-state index contributed by atoms with van der Waals surface area (Å²) in [7, 11) is 0. The van der Waals surface area contributed by atoms with E-state index < -0.39 is 0 Å². The first-order valence-corrected chi connectivity index (χ1v) is 8.39. The maximum absolute atomic E-state index is 11.0. The molecule has 4 aromatic rings. The van der Waals surface area contributed by atoms with Crippen LogP contribution in [-0.4, -0.2) is 16.4 Å². The van der Waals surface area contributed by atoms with Crippen LogP contribution >= 0.6 is 11.3 Å². The summed E-state index contributed by atoms with van der Waals surface area (Å²) in [5, 5.41) is 15.0. The summed E-state index contributed by atoms with van der Waals surface area (Å²) in [5.74, 6) is 0.0150. The molecule has 0 saturated heterocycles. The summed E-state index contributed by atoms with van der Waals surface area (Å²) < 4.78 is 1.16. The molecule has 0 aliphatic heterocycles. The van der Waals surface area contributed by atoms with Gasteiger partial charge in [0.25, 0.3) is 0 Å². The molecule has 0 radical (unpaired) electrons. The topological polar surface area (TPSA) is 62.2 Å². The molecule has 3 aromatic carbocycles. The largest absolute Gasteiger partial charge is 0.507 e. The number of thiazole rings is 1. The third kappa shape index (κ3) is 2.70. The van der Waals surface area contributed by atoms with Crippen molar-refractivity contribution < 1.29 is 9.90 Å². The Kier molecular flexibility index (Phi) is 3.63. The minimum Gasteiger partial charge on any atom is -0.507 e. The van der Waals surface area contributed by atoms with Gasteiger partial charge in [-0.3, -0.25) is 4.79 Å². The second kappa shape index (κ2) is 5.94. The molecule has 24 heavy (non-hydrogen) atoms. The van der Waals surface area contributed by atoms with Crippen LogP contribution in [0.25, 0.3) is 21.0 Å². The van der Waals surface area contributed by atoms with Gasteiger partial charge in [-0.1, -0.05) is 12.1 Å². The van der Waals surface area contributed by atoms with Crippen molar-refractivity contribution in [3.8, 4) is 5.75 Å². The Bertz CT molecular complexity index is 1060. The Morgan fingerprint density at radius 2 is 2.00 bits per heavy atom. The highest BCUT2D eigenvalue weighted by atomic mass is 32.1. The second-order valence-corrected chi connectivity index (χ2v) is 6.49. The SMILES string of the molecule is O=Cc1cc2cc(CNc3ccc4ncsc4c3)ccc2cc1O. The minimum atomic E-state index is 0.0150. The highest BCUT2D eigenvalue weighted by Crippen LogP contribution is 2.26. The van der Waals surface area contributed by atoms with E-state index in [1.165, 1.54) is 0 Å². The monoisotopic (exact) mass is 334 g/mol. The number of anilines is 1. The van der Waals surface area contributed by atoms with Crippen LogP contribution in [0.2, 0.25) is 0 Å². The quantitative estimate of drug-likeness (QED) is 0.536. The van der Waals surface area contributed by atoms with Gasteiger partial charge < -0.3 is 10.4 Å². The second-order valence-electron chi connectivity index (χ2n) is 5.60. The van der Waals surface area contributed by atoms with Crippen molar-refractivity contribution in [1.82, 2.24) is 4.98 Å². The standard InChI is InChI=1S/C19H14N2O2S/c22-10-15-6-14-5-12(1-2-13(14)7-18(15)23)9-20-16-3-4-17-19(8-16)24-11-21-17/h1-8,10-11,20,23H,9H2. The van der Waals surface area contributed by atoms with Gasteiger partial charge in [-0.2, -0.15) is 0 Å². The van der Waals surface area contributed by atoms with Gasteiger partial charge in [0.05, 0.1) is 21.3 Å². The van der Waals surface area contributed by atoms with Crippen LogP contribution in [0, 0.1) is 0 Å². The van der Waals surface area contributed by atoms with Crippen molar-refractivity contribution >= 4 is 44.3 Å². The smallest absolute Gasteiger partial charge is 0.153 e. The molecule has 2 N–H and O–H groups in total. The zero-order valence-corrected chi connectivity index (χ0v) is 13.5. The van der Waals surface area contributed by atoms with Gasteiger partial charge in [0.2, 0.25) is 0 Å². The van der Waals surface area contributed by atoms with Crippen LogP contribution in [-0.2, 0) is 6.54 Å². The highest BCUT2D eigenvalue weighted by Gasteiger charge is 2.04. The fourth-order valence-corrected chi connectivity index (χ4v) is 3.44. The number of aldehydes is 1. The fourth-order valence-electron chi connectivity index (χ4n) is 2.73. The Morgan fingerprint density at radius 3 is 2.88 bits per heavy atom. The summed E-state index contributed by atoms with van der Waals surface area (Å²) >= 11 is 1.62. The van der Waals surface area contributed by atoms with Crippen LogP contribution in [0.1, 0.15) is 15.9 Å². The molecule has 4 rings (SSSR count). The van der Waals surface area contributed by atoms with E-state index in [4.69, 9.17) is 0 Å². The number of benzene rings is 3. The van der Waals surface area contributed by atoms with Gasteiger partial charge in [0, 0.05) is 12.2 Å². The summed E-state index contributed by atoms with van der Waals surface area (Å²) in [6.07, 6.45) is 0.671. The lowest BCUT2D eigenvalue weighted by atomic mass is 10.0. The van der Waals surface area contributed by atoms with E-state index in [0.29, 0.717) is 18.4 Å². The maximum Gasteiger partial charge on any atom is 0.153 e. The number of fused-ring (bicyclic) bond motifs is 2. The van der Waals surface area contributed by atoms with Crippen molar-refractivity contribution in [2.45, 2.75) is 6.54 Å². The molecule has 0 fully saturated rings. The molecule has 0 bridgehead atoms. The third-order valence-electron chi connectivity index (χ3n) is 4.01. The molecule has 0 saturated carbocycles. The molecule has 0 atom stereocenters. The average Bonchev–Trinajstić information content (AvgIpc) is 3.07. The van der Waals surface area contributed by atoms with Crippen molar-refractivity contribution in [2.75, 3.05) is 5.32 Å². The average molecular weight is 334 g/mol. The van der Waals surface area contributed by atoms with Crippen LogP contribution in [0.3, 0.4) is 0 Å². The van der Waals surface area contributed by atoms with Crippen LogP contribution in [0.5, 0.6) is 5.75 Å². The number of aromatic hydroxyl groups is 1. The molecule has 4 nitrogen and oxygen atoms in total. The minimum absolute atomic E-state index is 0.0150. The fraction of sp³-hybridized carbons (Fsp3) is 0.0526. The predicted molar refractivity (Wildman–Crippen MR) is 97.9 cm³/mol. The van der Waals surface area contributed by atoms with Gasteiger partial charge in [0.15, 0.2) is 6.29 Å². The number of carbonyl (C=O) groups is 1. The summed E-state index contributed by atoms with van der Waals surface area (Å²) in [4.78, 5) is 15.3. The Labute approximate surface area is 142 Å². The molecule has 0 spiro atoms. The number of phenols is 1. The summed E-state index contributed by atoms with van der Waals surface area (Å²) in [6, 6.07) is 15.4. The Hall–Kier alpha value is -2.92. The van der Waals surface area contributed by atoms with E-state index in [-0.39, 0.29) is 5.75 Å². The highest BCUT2D eigenvalue weighted by molar-refractivity contribution is 7.16. The van der Waals surface area contributed by atoms with Crippen molar-refractivity contribution in [1.29, 1.82) is 0 Å². The van der Waals surface area contributed by atoms with Gasteiger partial charge in [0.1, 0.15) is 5.75 Å². The maximum atomic E-state index is 11.0. The predicted octanol–water partition coefficient (Wildman–Crippen LogP) is 4.58. The molecule has 5 heteroatoms. The van der Waals surface area contributed by atoms with Gasteiger partial charge in [-0.05, 0) is 52.7 Å². The molecule has 1 aromatic heterocycles. The number of carbonyl (C=O) groups excluding carboxylic acids is 1. The first-order valence-electron chi connectivity index (χ1n) is 7.51. The van der Waals surface area contributed by atoms with Crippen molar-refractivity contribution in [2.24, 2.45) is 0 Å². The number of hydrogen-bond acceptors (Lipinski definition) is 5. The lowest BCUT2D eigenvalue weighted by Gasteiger charge is -2.08. The van der Waals surface area contributed by atoms with Gasteiger partial charge in [-0.25, -0.2) is 4.98 Å². The molecule has 0 amide bonds. The molecule has 1 heterocycles. The van der Waals surface area contributed by atoms with E-state index >= 15 is 0 Å². The van der Waals surface area contributed by atoms with E-state index in [0.717, 1.165) is 32.2 Å². The van der Waals surface area contributed by atoms with Crippen LogP contribution < -0.4 is 5.32 Å². The lowest BCUT2D eigenvalue weighted by Crippen LogP contribution is -1.99. The summed E-state index contributed by atoms with van der Waals surface area (Å²) in [5.41, 5.74) is 5.32. The first kappa shape index (κ1) is 14.7. The van der Waals surface area contributed by atoms with Crippen molar-refractivity contribution in [3.63, 3.8) is 0 Å². The van der Waals surface area contributed by atoms with E-state index in [9.17, 15) is 9.90 Å². The molecular formula is C19H14N2O2S. The van der Waals surface area contributed by atoms with E-state index in [2.05, 4.69) is 16.4 Å². The van der Waals surface area contributed by atoms with Crippen molar-refractivity contribution in [3.05, 3.63) is 65.2 Å². The number of hydrogen-bond donors (Lipinski definition) is 2. The molecule has 0 unspecified atom stereocenters.